The highest BCUT2D eigenvalue weighted by Crippen LogP contribution is 2.64. The second kappa shape index (κ2) is 7.15. The summed E-state index contributed by atoms with van der Waals surface area (Å²) in [6, 6.07) is 13.0. The van der Waals surface area contributed by atoms with Crippen LogP contribution in [0.25, 0.3) is 10.8 Å². The van der Waals surface area contributed by atoms with Gasteiger partial charge in [0.05, 0.1) is 40.4 Å². The van der Waals surface area contributed by atoms with Gasteiger partial charge in [0.15, 0.2) is 0 Å². The van der Waals surface area contributed by atoms with Gasteiger partial charge in [-0.15, -0.1) is 0 Å². The zero-order valence-corrected chi connectivity index (χ0v) is 17.6. The Balaban J connectivity index is 1.64. The Morgan fingerprint density at radius 2 is 1.71 bits per heavy atom. The molecule has 0 spiro atoms. The number of anilines is 1. The van der Waals surface area contributed by atoms with Crippen LogP contribution in [0.15, 0.2) is 36.4 Å². The molecule has 0 radical (unpaired) electrons. The fourth-order valence-corrected chi connectivity index (χ4v) is 6.24. The molecule has 2 aromatic carbocycles. The molecule has 2 amide bonds. The number of carbonyl (C=O) groups is 2. The number of hydrogen-bond donors (Lipinski definition) is 1. The van der Waals surface area contributed by atoms with Crippen LogP contribution in [-0.2, 0) is 14.3 Å². The molecule has 3 fully saturated rings. The molecule has 3 heterocycles. The number of imide groups is 1. The Bertz CT molecular complexity index is 1120. The Hall–Kier alpha value is -2.75. The van der Waals surface area contributed by atoms with Crippen LogP contribution in [0, 0.1) is 23.2 Å². The fourth-order valence-electron chi connectivity index (χ4n) is 6.24. The van der Waals surface area contributed by atoms with Gasteiger partial charge in [-0.05, 0) is 31.4 Å². The van der Waals surface area contributed by atoms with Crippen LogP contribution in [0.2, 0.25) is 0 Å². The van der Waals surface area contributed by atoms with Crippen LogP contribution < -0.4 is 4.90 Å². The first-order valence-electron chi connectivity index (χ1n) is 11.1. The zero-order chi connectivity index (χ0) is 21.8. The number of fused-ring (bicyclic) bond motifs is 6. The zero-order valence-electron chi connectivity index (χ0n) is 17.6. The van der Waals surface area contributed by atoms with Crippen molar-refractivity contribution in [1.82, 2.24) is 0 Å². The van der Waals surface area contributed by atoms with E-state index in [0.29, 0.717) is 24.1 Å². The lowest BCUT2D eigenvalue weighted by Gasteiger charge is -2.31. The Morgan fingerprint density at radius 1 is 1.06 bits per heavy atom. The Kier molecular flexibility index (Phi) is 4.65. The molecular formula is C25H26N2O4. The standard InChI is InChI=1S/C25H26N2O4/c1-2-3-10-24-11-12-25(31-24,13-14-28)21-20(24)22(29)27(23(21)30)19-9-8-16(15-26)17-6-4-5-7-18(17)19/h4-9,20-21,28H,2-3,10-14H2,1H3/t20-,21+,24-,25-/m0/s1. The molecule has 0 aromatic heterocycles. The van der Waals surface area contributed by atoms with Gasteiger partial charge in [0, 0.05) is 23.8 Å². The normalized spacial score (nSPS) is 31.5. The molecule has 2 bridgehead atoms. The van der Waals surface area contributed by atoms with Crippen molar-refractivity contribution in [2.75, 3.05) is 11.5 Å². The van der Waals surface area contributed by atoms with E-state index < -0.39 is 23.0 Å². The molecule has 5 rings (SSSR count). The first kappa shape index (κ1) is 20.2. The van der Waals surface area contributed by atoms with Crippen molar-refractivity contribution >= 4 is 28.3 Å². The highest BCUT2D eigenvalue weighted by atomic mass is 16.5. The number of aliphatic hydroxyl groups excluding tert-OH is 1. The topological polar surface area (TPSA) is 90.6 Å². The molecule has 3 aliphatic rings. The van der Waals surface area contributed by atoms with Crippen LogP contribution >= 0.6 is 0 Å². The van der Waals surface area contributed by atoms with E-state index in [9.17, 15) is 20.0 Å². The number of aliphatic hydroxyl groups is 1. The summed E-state index contributed by atoms with van der Waals surface area (Å²) in [5.74, 6) is -1.52. The summed E-state index contributed by atoms with van der Waals surface area (Å²) in [6.07, 6.45) is 4.47. The summed E-state index contributed by atoms with van der Waals surface area (Å²) < 4.78 is 6.53. The van der Waals surface area contributed by atoms with Gasteiger partial charge in [0.25, 0.3) is 0 Å². The maximum atomic E-state index is 13.8. The van der Waals surface area contributed by atoms with E-state index in [-0.39, 0.29) is 18.4 Å². The number of nitriles is 1. The first-order valence-corrected chi connectivity index (χ1v) is 11.1. The molecule has 0 unspecified atom stereocenters. The fraction of sp³-hybridized carbons (Fsp3) is 0.480. The molecule has 1 N–H and O–H groups in total. The average Bonchev–Trinajstić information content (AvgIpc) is 3.38. The molecule has 6 heteroatoms. The number of carbonyl (C=O) groups excluding carboxylic acids is 2. The van der Waals surface area contributed by atoms with Gasteiger partial charge in [-0.3, -0.25) is 9.59 Å². The maximum Gasteiger partial charge on any atom is 0.240 e. The van der Waals surface area contributed by atoms with Gasteiger partial charge in [-0.2, -0.15) is 5.26 Å². The second-order valence-electron chi connectivity index (χ2n) is 9.07. The van der Waals surface area contributed by atoms with Crippen LogP contribution in [-0.4, -0.2) is 34.7 Å². The molecule has 160 valence electrons. The van der Waals surface area contributed by atoms with E-state index in [1.807, 2.05) is 24.3 Å². The second-order valence-corrected chi connectivity index (χ2v) is 9.07. The van der Waals surface area contributed by atoms with Crippen LogP contribution in [0.3, 0.4) is 0 Å². The SMILES string of the molecule is CCCC[C@@]12CC[C@@](CCO)(O1)[C@H]1C(=O)N(c3ccc(C#N)c4ccccc34)C(=O)[C@H]12. The molecular weight excluding hydrogens is 392 g/mol. The van der Waals surface area contributed by atoms with E-state index in [2.05, 4.69) is 13.0 Å². The number of rotatable bonds is 6. The summed E-state index contributed by atoms with van der Waals surface area (Å²) in [5.41, 5.74) is -0.349. The van der Waals surface area contributed by atoms with E-state index in [1.54, 1.807) is 12.1 Å². The van der Waals surface area contributed by atoms with Gasteiger partial charge in [-0.25, -0.2) is 4.90 Å². The molecule has 31 heavy (non-hydrogen) atoms. The number of benzene rings is 2. The van der Waals surface area contributed by atoms with Crippen molar-refractivity contribution in [1.29, 1.82) is 5.26 Å². The number of amides is 2. The minimum absolute atomic E-state index is 0.0751. The van der Waals surface area contributed by atoms with E-state index in [1.165, 1.54) is 4.90 Å². The van der Waals surface area contributed by atoms with Crippen molar-refractivity contribution in [3.63, 3.8) is 0 Å². The first-order chi connectivity index (χ1) is 15.0. The maximum absolute atomic E-state index is 13.8. The predicted octanol–water partition coefficient (Wildman–Crippen LogP) is 3.69. The average molecular weight is 418 g/mol. The molecule has 3 saturated heterocycles. The molecule has 0 saturated carbocycles. The highest BCUT2D eigenvalue weighted by molar-refractivity contribution is 6.26. The third-order valence-electron chi connectivity index (χ3n) is 7.57. The van der Waals surface area contributed by atoms with Crippen molar-refractivity contribution in [3.8, 4) is 6.07 Å². The van der Waals surface area contributed by atoms with E-state index >= 15 is 0 Å². The molecule has 3 aliphatic heterocycles. The minimum atomic E-state index is -0.767. The highest BCUT2D eigenvalue weighted by Gasteiger charge is 2.74. The van der Waals surface area contributed by atoms with Gasteiger partial charge in [0.2, 0.25) is 11.8 Å². The van der Waals surface area contributed by atoms with E-state index in [0.717, 1.165) is 36.5 Å². The summed E-state index contributed by atoms with van der Waals surface area (Å²) in [7, 11) is 0. The quantitative estimate of drug-likeness (QED) is 0.723. The van der Waals surface area contributed by atoms with Crippen LogP contribution in [0.1, 0.15) is 51.0 Å². The number of unbranched alkanes of at least 4 members (excludes halogenated alkanes) is 1. The molecule has 4 atom stereocenters. The van der Waals surface area contributed by atoms with Gasteiger partial charge >= 0.3 is 0 Å². The lowest BCUT2D eigenvalue weighted by Crippen LogP contribution is -2.43. The number of hydrogen-bond acceptors (Lipinski definition) is 5. The lowest BCUT2D eigenvalue weighted by molar-refractivity contribution is -0.132. The Morgan fingerprint density at radius 3 is 2.32 bits per heavy atom. The number of ether oxygens (including phenoxy) is 1. The Labute approximate surface area is 181 Å². The lowest BCUT2D eigenvalue weighted by atomic mass is 9.65. The van der Waals surface area contributed by atoms with Gasteiger partial charge in [-0.1, -0.05) is 44.0 Å². The van der Waals surface area contributed by atoms with Crippen molar-refractivity contribution < 1.29 is 19.4 Å². The minimum Gasteiger partial charge on any atom is -0.396 e. The van der Waals surface area contributed by atoms with Crippen molar-refractivity contribution in [2.24, 2.45) is 11.8 Å². The van der Waals surface area contributed by atoms with Gasteiger partial charge < -0.3 is 9.84 Å². The molecule has 0 aliphatic carbocycles. The van der Waals surface area contributed by atoms with Crippen molar-refractivity contribution in [3.05, 3.63) is 42.0 Å². The third-order valence-corrected chi connectivity index (χ3v) is 7.57. The summed E-state index contributed by atoms with van der Waals surface area (Å²) in [5, 5.41) is 20.7. The van der Waals surface area contributed by atoms with E-state index in [4.69, 9.17) is 4.74 Å². The predicted molar refractivity (Wildman–Crippen MR) is 115 cm³/mol. The summed E-state index contributed by atoms with van der Waals surface area (Å²) >= 11 is 0. The summed E-state index contributed by atoms with van der Waals surface area (Å²) in [4.78, 5) is 28.9. The van der Waals surface area contributed by atoms with Crippen LogP contribution in [0.4, 0.5) is 5.69 Å². The molecule has 2 aromatic rings. The molecule has 6 nitrogen and oxygen atoms in total. The van der Waals surface area contributed by atoms with Crippen LogP contribution in [0.5, 0.6) is 0 Å². The third kappa shape index (κ3) is 2.63. The summed E-state index contributed by atoms with van der Waals surface area (Å²) in [6.45, 7) is 2.03. The monoisotopic (exact) mass is 418 g/mol. The van der Waals surface area contributed by atoms with Gasteiger partial charge in [0.1, 0.15) is 0 Å². The largest absolute Gasteiger partial charge is 0.396 e. The van der Waals surface area contributed by atoms with Crippen molar-refractivity contribution in [2.45, 2.75) is 56.7 Å². The smallest absolute Gasteiger partial charge is 0.240 e. The number of nitrogens with zero attached hydrogens (tertiary/aromatic N) is 2.